The van der Waals surface area contributed by atoms with Crippen LogP contribution in [0.25, 0.3) is 0 Å². The van der Waals surface area contributed by atoms with Gasteiger partial charge in [-0.3, -0.25) is 13.9 Å². The number of benzene rings is 4. The average molecular weight is 660 g/mol. The smallest absolute Gasteiger partial charge is 0.264 e. The number of halogens is 1. The molecule has 248 valence electrons. The summed E-state index contributed by atoms with van der Waals surface area (Å²) in [5.74, 6) is -1.10. The van der Waals surface area contributed by atoms with Crippen LogP contribution in [0.15, 0.2) is 108 Å². The van der Waals surface area contributed by atoms with Gasteiger partial charge in [-0.25, -0.2) is 12.8 Å². The van der Waals surface area contributed by atoms with E-state index in [1.807, 2.05) is 58.0 Å². The highest BCUT2D eigenvalue weighted by atomic mass is 32.2. The van der Waals surface area contributed by atoms with Crippen LogP contribution >= 0.6 is 0 Å². The van der Waals surface area contributed by atoms with Gasteiger partial charge in [0.15, 0.2) is 0 Å². The maximum absolute atomic E-state index is 15.1. The first kappa shape index (κ1) is 35.2. The van der Waals surface area contributed by atoms with Crippen molar-refractivity contribution in [3.8, 4) is 5.75 Å². The topological polar surface area (TPSA) is 96.0 Å². The fourth-order valence-electron chi connectivity index (χ4n) is 5.05. The summed E-state index contributed by atoms with van der Waals surface area (Å²) in [5, 5.41) is 2.98. The van der Waals surface area contributed by atoms with Crippen molar-refractivity contribution in [1.29, 1.82) is 0 Å². The van der Waals surface area contributed by atoms with Crippen molar-refractivity contribution < 1.29 is 27.1 Å². The van der Waals surface area contributed by atoms with E-state index in [0.717, 1.165) is 15.4 Å². The summed E-state index contributed by atoms with van der Waals surface area (Å²) in [6.45, 7) is 7.05. The van der Waals surface area contributed by atoms with Crippen LogP contribution in [0.4, 0.5) is 10.1 Å². The minimum absolute atomic E-state index is 0.0367. The van der Waals surface area contributed by atoms with E-state index in [0.29, 0.717) is 18.8 Å². The van der Waals surface area contributed by atoms with Crippen LogP contribution in [0.3, 0.4) is 0 Å². The van der Waals surface area contributed by atoms with Gasteiger partial charge in [-0.1, -0.05) is 73.2 Å². The molecule has 4 aromatic carbocycles. The second kappa shape index (κ2) is 16.2. The molecular formula is C37H42FN3O5S. The van der Waals surface area contributed by atoms with Crippen LogP contribution in [0.1, 0.15) is 43.9 Å². The number of rotatable bonds is 15. The zero-order chi connectivity index (χ0) is 34.0. The largest absolute Gasteiger partial charge is 0.494 e. The van der Waals surface area contributed by atoms with Crippen molar-refractivity contribution in [2.75, 3.05) is 17.5 Å². The van der Waals surface area contributed by atoms with Crippen molar-refractivity contribution in [2.45, 2.75) is 64.1 Å². The summed E-state index contributed by atoms with van der Waals surface area (Å²) >= 11 is 0. The summed E-state index contributed by atoms with van der Waals surface area (Å²) in [6, 6.07) is 26.8. The van der Waals surface area contributed by atoms with E-state index in [2.05, 4.69) is 5.32 Å². The normalized spacial score (nSPS) is 12.5. The third-order valence-corrected chi connectivity index (χ3v) is 9.68. The zero-order valence-corrected chi connectivity index (χ0v) is 28.0. The maximum Gasteiger partial charge on any atom is 0.264 e. The predicted molar refractivity (Wildman–Crippen MR) is 182 cm³/mol. The summed E-state index contributed by atoms with van der Waals surface area (Å²) in [7, 11) is -4.28. The molecule has 10 heteroatoms. The Morgan fingerprint density at radius 3 is 2.13 bits per heavy atom. The number of hydrogen-bond acceptors (Lipinski definition) is 5. The van der Waals surface area contributed by atoms with Crippen molar-refractivity contribution in [3.63, 3.8) is 0 Å². The van der Waals surface area contributed by atoms with E-state index in [1.165, 1.54) is 23.1 Å². The van der Waals surface area contributed by atoms with Crippen LogP contribution < -0.4 is 14.4 Å². The van der Waals surface area contributed by atoms with Gasteiger partial charge in [0.2, 0.25) is 11.8 Å². The van der Waals surface area contributed by atoms with E-state index >= 15 is 4.39 Å². The molecule has 2 atom stereocenters. The van der Waals surface area contributed by atoms with Gasteiger partial charge < -0.3 is 15.0 Å². The number of anilines is 1. The minimum atomic E-state index is -4.28. The number of hydrogen-bond donors (Lipinski definition) is 1. The van der Waals surface area contributed by atoms with E-state index < -0.39 is 40.2 Å². The van der Waals surface area contributed by atoms with E-state index in [1.54, 1.807) is 54.6 Å². The molecule has 47 heavy (non-hydrogen) atoms. The molecule has 0 aliphatic heterocycles. The van der Waals surface area contributed by atoms with Gasteiger partial charge in [0, 0.05) is 24.6 Å². The molecule has 0 bridgehead atoms. The molecule has 0 saturated heterocycles. The van der Waals surface area contributed by atoms with Gasteiger partial charge in [0.1, 0.15) is 24.2 Å². The van der Waals surface area contributed by atoms with Crippen molar-refractivity contribution in [1.82, 2.24) is 10.2 Å². The molecule has 0 fully saturated rings. The summed E-state index contributed by atoms with van der Waals surface area (Å²) in [5.41, 5.74) is 2.17. The average Bonchev–Trinajstić information content (AvgIpc) is 3.07. The maximum atomic E-state index is 15.1. The Hall–Kier alpha value is -4.70. The lowest BCUT2D eigenvalue weighted by Crippen LogP contribution is -2.54. The van der Waals surface area contributed by atoms with Crippen molar-refractivity contribution >= 4 is 27.5 Å². The molecule has 0 aromatic heterocycles. The fraction of sp³-hybridized carbons (Fsp3) is 0.297. The predicted octanol–water partition coefficient (Wildman–Crippen LogP) is 6.28. The van der Waals surface area contributed by atoms with Crippen molar-refractivity contribution in [3.05, 3.63) is 126 Å². The second-order valence-corrected chi connectivity index (χ2v) is 13.3. The third-order valence-electron chi connectivity index (χ3n) is 7.89. The van der Waals surface area contributed by atoms with Crippen molar-refractivity contribution in [2.24, 2.45) is 0 Å². The molecule has 0 saturated carbocycles. The number of sulfonamides is 1. The summed E-state index contributed by atoms with van der Waals surface area (Å²) in [6.07, 6.45) is 0.798. The van der Waals surface area contributed by atoms with Crippen LogP contribution in [0.5, 0.6) is 5.75 Å². The summed E-state index contributed by atoms with van der Waals surface area (Å²) in [4.78, 5) is 29.7. The van der Waals surface area contributed by atoms with Crippen LogP contribution in [-0.4, -0.2) is 50.4 Å². The van der Waals surface area contributed by atoms with Gasteiger partial charge in [-0.05, 0) is 75.2 Å². The lowest BCUT2D eigenvalue weighted by atomic mass is 10.0. The van der Waals surface area contributed by atoms with Gasteiger partial charge in [0.05, 0.1) is 17.2 Å². The molecule has 4 rings (SSSR count). The van der Waals surface area contributed by atoms with Crippen LogP contribution in [0, 0.1) is 12.7 Å². The third kappa shape index (κ3) is 9.19. The first-order valence-corrected chi connectivity index (χ1v) is 17.2. The molecule has 0 heterocycles. The Labute approximate surface area is 277 Å². The number of ether oxygens (including phenoxy) is 1. The number of carbonyl (C=O) groups is 2. The Morgan fingerprint density at radius 2 is 1.51 bits per heavy atom. The fourth-order valence-corrected chi connectivity index (χ4v) is 6.46. The lowest BCUT2D eigenvalue weighted by molar-refractivity contribution is -0.140. The van der Waals surface area contributed by atoms with Gasteiger partial charge in [-0.2, -0.15) is 0 Å². The SMILES string of the molecule is CCOc1ccc(S(=O)(=O)N(CC(=O)N(Cc2ccccc2F)[C@H](Cc2ccccc2)C(=O)N[C@@H](C)CC)c2ccc(C)cc2)cc1. The monoisotopic (exact) mass is 659 g/mol. The molecule has 0 spiro atoms. The molecule has 4 aromatic rings. The molecule has 2 amide bonds. The quantitative estimate of drug-likeness (QED) is 0.162. The van der Waals surface area contributed by atoms with Gasteiger partial charge in [-0.15, -0.1) is 0 Å². The number of nitrogens with one attached hydrogen (secondary N) is 1. The Kier molecular flexibility index (Phi) is 12.1. The minimum Gasteiger partial charge on any atom is -0.494 e. The molecule has 0 unspecified atom stereocenters. The van der Waals surface area contributed by atoms with E-state index in [9.17, 15) is 18.0 Å². The van der Waals surface area contributed by atoms with Gasteiger partial charge >= 0.3 is 0 Å². The highest BCUT2D eigenvalue weighted by molar-refractivity contribution is 7.92. The highest BCUT2D eigenvalue weighted by Crippen LogP contribution is 2.27. The number of nitrogens with zero attached hydrogens (tertiary/aromatic N) is 2. The first-order chi connectivity index (χ1) is 22.5. The van der Waals surface area contributed by atoms with Crippen LogP contribution in [-0.2, 0) is 32.6 Å². The number of aryl methyl sites for hydroxylation is 1. The molecule has 1 N–H and O–H groups in total. The van der Waals surface area contributed by atoms with Gasteiger partial charge in [0.25, 0.3) is 10.0 Å². The summed E-state index contributed by atoms with van der Waals surface area (Å²) < 4.78 is 50.0. The molecule has 0 aliphatic rings. The first-order valence-electron chi connectivity index (χ1n) is 15.7. The van der Waals surface area contributed by atoms with E-state index in [-0.39, 0.29) is 35.2 Å². The molecule has 0 radical (unpaired) electrons. The Balaban J connectivity index is 1.80. The molecule has 0 aliphatic carbocycles. The zero-order valence-electron chi connectivity index (χ0n) is 27.2. The molecule has 8 nitrogen and oxygen atoms in total. The Morgan fingerprint density at radius 1 is 0.872 bits per heavy atom. The van der Waals surface area contributed by atoms with E-state index in [4.69, 9.17) is 4.74 Å². The standard InChI is InChI=1S/C37H42FN3O5S/c1-5-28(4)39-37(43)35(24-29-12-8-7-9-13-29)40(25-30-14-10-11-15-34(30)38)36(42)26-41(31-18-16-27(3)17-19-31)47(44,45)33-22-20-32(21-23-33)46-6-2/h7-23,28,35H,5-6,24-26H2,1-4H3,(H,39,43)/t28-,35+/m0/s1. The highest BCUT2D eigenvalue weighted by Gasteiger charge is 2.35. The van der Waals surface area contributed by atoms with Crippen LogP contribution in [0.2, 0.25) is 0 Å². The Bertz CT molecular complexity index is 1730. The molecular weight excluding hydrogens is 617 g/mol. The number of amides is 2. The second-order valence-electron chi connectivity index (χ2n) is 11.4. The number of carbonyl (C=O) groups excluding carboxylic acids is 2. The lowest BCUT2D eigenvalue weighted by Gasteiger charge is -2.34.